The van der Waals surface area contributed by atoms with Crippen LogP contribution in [0, 0.1) is 6.92 Å². The second-order valence-electron chi connectivity index (χ2n) is 7.92. The number of carbonyl (C=O) groups is 2. The topological polar surface area (TPSA) is 72.0 Å². The van der Waals surface area contributed by atoms with Gasteiger partial charge >= 0.3 is 0 Å². The molecule has 0 aliphatic carbocycles. The van der Waals surface area contributed by atoms with E-state index in [0.717, 1.165) is 10.6 Å². The summed E-state index contributed by atoms with van der Waals surface area (Å²) < 4.78 is 11.5. The van der Waals surface area contributed by atoms with Gasteiger partial charge in [0.15, 0.2) is 11.5 Å². The summed E-state index contributed by atoms with van der Waals surface area (Å²) in [7, 11) is 0. The number of fused-ring (bicyclic) bond motifs is 1. The van der Waals surface area contributed by atoms with Crippen molar-refractivity contribution in [3.05, 3.63) is 64.1 Å². The lowest BCUT2D eigenvalue weighted by atomic mass is 10.2. The van der Waals surface area contributed by atoms with E-state index in [9.17, 15) is 9.59 Å². The second-order valence-corrected chi connectivity index (χ2v) is 9.36. The number of ether oxygens (including phenoxy) is 2. The zero-order valence-corrected chi connectivity index (χ0v) is 19.6. The van der Waals surface area contributed by atoms with Gasteiger partial charge in [-0.25, -0.2) is 4.98 Å². The Labute approximate surface area is 200 Å². The van der Waals surface area contributed by atoms with Gasteiger partial charge in [0.25, 0.3) is 11.8 Å². The van der Waals surface area contributed by atoms with Crippen LogP contribution in [-0.2, 0) is 4.79 Å². The molecule has 2 aliphatic rings. The van der Waals surface area contributed by atoms with Crippen molar-refractivity contribution >= 4 is 34.8 Å². The highest BCUT2D eigenvalue weighted by Crippen LogP contribution is 2.32. The molecule has 2 amide bonds. The fourth-order valence-electron chi connectivity index (χ4n) is 3.93. The smallest absolute Gasteiger partial charge is 0.267 e. The maximum absolute atomic E-state index is 13.2. The van der Waals surface area contributed by atoms with Crippen LogP contribution >= 0.6 is 22.9 Å². The number of carbonyl (C=O) groups excluding carboxylic acids is 2. The van der Waals surface area contributed by atoms with Gasteiger partial charge in [0.05, 0.1) is 5.69 Å². The molecule has 2 aliphatic heterocycles. The minimum atomic E-state index is -0.673. The number of rotatable bonds is 3. The average molecular weight is 484 g/mol. The molecule has 1 fully saturated rings. The Morgan fingerprint density at radius 1 is 1.00 bits per heavy atom. The normalized spacial score (nSPS) is 17.7. The number of halogens is 1. The zero-order valence-electron chi connectivity index (χ0n) is 18.0. The fraction of sp³-hybridized carbons (Fsp3) is 0.292. The lowest BCUT2D eigenvalue weighted by molar-refractivity contribution is -0.142. The number of benzene rings is 2. The lowest BCUT2D eigenvalue weighted by Crippen LogP contribution is -2.55. The number of nitrogens with zero attached hydrogens (tertiary/aromatic N) is 3. The first-order chi connectivity index (χ1) is 16.0. The van der Waals surface area contributed by atoms with Crippen molar-refractivity contribution in [1.82, 2.24) is 14.8 Å². The van der Waals surface area contributed by atoms with Gasteiger partial charge in [-0.2, -0.15) is 0 Å². The molecule has 170 valence electrons. The van der Waals surface area contributed by atoms with Gasteiger partial charge in [0.1, 0.15) is 16.5 Å². The molecular weight excluding hydrogens is 462 g/mol. The van der Waals surface area contributed by atoms with Crippen LogP contribution in [0.2, 0.25) is 5.02 Å². The summed E-state index contributed by atoms with van der Waals surface area (Å²) >= 11 is 7.35. The molecule has 5 rings (SSSR count). The van der Waals surface area contributed by atoms with Crippen LogP contribution in [0.4, 0.5) is 0 Å². The van der Waals surface area contributed by atoms with E-state index >= 15 is 0 Å². The number of hydrogen-bond acceptors (Lipinski definition) is 6. The van der Waals surface area contributed by atoms with Gasteiger partial charge in [-0.1, -0.05) is 35.9 Å². The molecule has 0 radical (unpaired) electrons. The highest BCUT2D eigenvalue weighted by Gasteiger charge is 2.34. The zero-order chi connectivity index (χ0) is 22.9. The van der Waals surface area contributed by atoms with Gasteiger partial charge in [-0.3, -0.25) is 9.59 Å². The third-order valence-corrected chi connectivity index (χ3v) is 7.19. The Kier molecular flexibility index (Phi) is 5.95. The number of aryl methyl sites for hydroxylation is 1. The van der Waals surface area contributed by atoms with E-state index in [-0.39, 0.29) is 18.4 Å². The van der Waals surface area contributed by atoms with Crippen molar-refractivity contribution in [3.63, 3.8) is 0 Å². The van der Waals surface area contributed by atoms with Crippen LogP contribution in [-0.4, -0.2) is 65.5 Å². The number of para-hydroxylation sites is 2. The Balaban J connectivity index is 1.21. The third kappa shape index (κ3) is 4.41. The summed E-state index contributed by atoms with van der Waals surface area (Å²) in [5.41, 5.74) is 1.64. The molecule has 0 spiro atoms. The van der Waals surface area contributed by atoms with Crippen LogP contribution in [0.5, 0.6) is 11.5 Å². The van der Waals surface area contributed by atoms with Crippen LogP contribution in [0.25, 0.3) is 10.6 Å². The first kappa shape index (κ1) is 21.7. The van der Waals surface area contributed by atoms with Gasteiger partial charge in [0.2, 0.25) is 6.10 Å². The SMILES string of the molecule is Cc1nc(-c2ccc(Cl)cc2)sc1C(=O)N1CCN(C(=O)[C@@H]2COc3ccccc3O2)CC1. The van der Waals surface area contributed by atoms with Gasteiger partial charge in [0, 0.05) is 36.8 Å². The molecule has 3 heterocycles. The Hall–Kier alpha value is -3.10. The van der Waals surface area contributed by atoms with Gasteiger partial charge < -0.3 is 19.3 Å². The summed E-state index contributed by atoms with van der Waals surface area (Å²) in [5, 5.41) is 1.45. The largest absolute Gasteiger partial charge is 0.485 e. The first-order valence-electron chi connectivity index (χ1n) is 10.7. The first-order valence-corrected chi connectivity index (χ1v) is 11.9. The quantitative estimate of drug-likeness (QED) is 0.565. The minimum absolute atomic E-state index is 0.0523. The molecule has 33 heavy (non-hydrogen) atoms. The molecule has 2 aromatic carbocycles. The number of hydrogen-bond donors (Lipinski definition) is 0. The average Bonchev–Trinajstić information content (AvgIpc) is 3.24. The third-order valence-electron chi connectivity index (χ3n) is 5.74. The van der Waals surface area contributed by atoms with E-state index in [2.05, 4.69) is 4.98 Å². The van der Waals surface area contributed by atoms with Gasteiger partial charge in [-0.05, 0) is 31.2 Å². The summed E-state index contributed by atoms with van der Waals surface area (Å²) in [5.74, 6) is 1.06. The van der Waals surface area contributed by atoms with Crippen LogP contribution in [0.1, 0.15) is 15.4 Å². The molecule has 0 saturated carbocycles. The molecule has 0 unspecified atom stereocenters. The lowest BCUT2D eigenvalue weighted by Gasteiger charge is -2.37. The highest BCUT2D eigenvalue weighted by molar-refractivity contribution is 7.17. The van der Waals surface area contributed by atoms with Crippen molar-refractivity contribution in [2.24, 2.45) is 0 Å². The molecule has 3 aromatic rings. The molecule has 9 heteroatoms. The molecule has 1 aromatic heterocycles. The van der Waals surface area contributed by atoms with Crippen molar-refractivity contribution in [2.75, 3.05) is 32.8 Å². The Morgan fingerprint density at radius 2 is 1.67 bits per heavy atom. The van der Waals surface area contributed by atoms with E-state index in [1.165, 1.54) is 11.3 Å². The Bertz CT molecular complexity index is 1190. The molecule has 1 saturated heterocycles. The molecule has 0 bridgehead atoms. The van der Waals surface area contributed by atoms with Crippen molar-refractivity contribution in [3.8, 4) is 22.1 Å². The number of amides is 2. The molecular formula is C24H22ClN3O4S. The van der Waals surface area contributed by atoms with Gasteiger partial charge in [-0.15, -0.1) is 11.3 Å². The van der Waals surface area contributed by atoms with Crippen molar-refractivity contribution < 1.29 is 19.1 Å². The monoisotopic (exact) mass is 483 g/mol. The summed E-state index contributed by atoms with van der Waals surface area (Å²) in [6, 6.07) is 14.7. The van der Waals surface area contributed by atoms with Crippen molar-refractivity contribution in [2.45, 2.75) is 13.0 Å². The molecule has 1 atom stereocenters. The van der Waals surface area contributed by atoms with Crippen molar-refractivity contribution in [1.29, 1.82) is 0 Å². The van der Waals surface area contributed by atoms with E-state index < -0.39 is 6.10 Å². The maximum atomic E-state index is 13.2. The predicted molar refractivity (Wildman–Crippen MR) is 126 cm³/mol. The van der Waals surface area contributed by atoms with E-state index in [1.807, 2.05) is 49.4 Å². The standard InChI is InChI=1S/C24H22ClN3O4S/c1-15-21(33-22(26-15)16-6-8-17(25)9-7-16)24(30)28-12-10-27(11-13-28)23(29)20-14-31-18-4-2-3-5-19(18)32-20/h2-9,20H,10-14H2,1H3/t20-/m0/s1. The maximum Gasteiger partial charge on any atom is 0.267 e. The van der Waals surface area contributed by atoms with E-state index in [1.54, 1.807) is 15.9 Å². The Morgan fingerprint density at radius 3 is 2.39 bits per heavy atom. The summed E-state index contributed by atoms with van der Waals surface area (Å²) in [4.78, 5) is 34.8. The van der Waals surface area contributed by atoms with E-state index in [0.29, 0.717) is 53.3 Å². The minimum Gasteiger partial charge on any atom is -0.485 e. The van der Waals surface area contributed by atoms with Crippen LogP contribution in [0.15, 0.2) is 48.5 Å². The van der Waals surface area contributed by atoms with Crippen LogP contribution < -0.4 is 9.47 Å². The molecule has 7 nitrogen and oxygen atoms in total. The summed E-state index contributed by atoms with van der Waals surface area (Å²) in [6.45, 7) is 3.86. The fourth-order valence-corrected chi connectivity index (χ4v) is 5.09. The number of thiazole rings is 1. The molecule has 0 N–H and O–H groups in total. The van der Waals surface area contributed by atoms with Crippen LogP contribution in [0.3, 0.4) is 0 Å². The predicted octanol–water partition coefficient (Wildman–Crippen LogP) is 3.90. The number of piperazine rings is 1. The summed E-state index contributed by atoms with van der Waals surface area (Å²) in [6.07, 6.45) is -0.673. The number of aromatic nitrogens is 1. The second kappa shape index (κ2) is 9.03. The van der Waals surface area contributed by atoms with E-state index in [4.69, 9.17) is 21.1 Å². The highest BCUT2D eigenvalue weighted by atomic mass is 35.5.